The van der Waals surface area contributed by atoms with Crippen molar-refractivity contribution < 1.29 is 4.79 Å². The molecule has 0 bridgehead atoms. The number of hydrogen-bond donors (Lipinski definition) is 0. The first-order valence-electron chi connectivity index (χ1n) is 9.73. The highest BCUT2D eigenvalue weighted by molar-refractivity contribution is 5.94. The van der Waals surface area contributed by atoms with Crippen LogP contribution in [0.5, 0.6) is 0 Å². The molecule has 1 saturated heterocycles. The molecule has 0 atom stereocenters. The van der Waals surface area contributed by atoms with E-state index in [1.54, 1.807) is 0 Å². The second-order valence-electron chi connectivity index (χ2n) is 8.65. The molecule has 1 amide bonds. The van der Waals surface area contributed by atoms with E-state index in [4.69, 9.17) is 5.10 Å². The molecule has 5 rings (SSSR count). The zero-order valence-corrected chi connectivity index (χ0v) is 14.7. The lowest BCUT2D eigenvalue weighted by Crippen LogP contribution is -2.54. The summed E-state index contributed by atoms with van der Waals surface area (Å²) in [4.78, 5) is 17.6. The van der Waals surface area contributed by atoms with Crippen LogP contribution in [0, 0.1) is 18.8 Å². The standard InChI is InChI=1S/C19H28N4O/c1-14-10-17-22(13-16-4-5-16)18(24)11-19(23(17)20-14)6-8-21(9-7-19)12-15-2-3-15/h10,15-16H,2-9,11-13H2,1H3. The third-order valence-electron chi connectivity index (χ3n) is 6.46. The molecule has 2 aliphatic heterocycles. The second kappa shape index (κ2) is 5.32. The Balaban J connectivity index is 1.40. The number of hydrogen-bond acceptors (Lipinski definition) is 3. The highest BCUT2D eigenvalue weighted by Gasteiger charge is 2.47. The summed E-state index contributed by atoms with van der Waals surface area (Å²) >= 11 is 0. The SMILES string of the molecule is Cc1cc2n(n1)C1(CCN(CC3CC3)CC1)CC(=O)N2CC1CC1. The number of fused-ring (bicyclic) bond motifs is 2. The Bertz CT molecular complexity index is 650. The van der Waals surface area contributed by atoms with Crippen molar-refractivity contribution in [2.75, 3.05) is 31.1 Å². The monoisotopic (exact) mass is 328 g/mol. The van der Waals surface area contributed by atoms with Crippen molar-refractivity contribution in [3.8, 4) is 0 Å². The van der Waals surface area contributed by atoms with Crippen molar-refractivity contribution in [3.63, 3.8) is 0 Å². The van der Waals surface area contributed by atoms with Crippen LogP contribution in [0.25, 0.3) is 0 Å². The fourth-order valence-electron chi connectivity index (χ4n) is 4.57. The first kappa shape index (κ1) is 14.9. The van der Waals surface area contributed by atoms with E-state index in [0.717, 1.165) is 49.9 Å². The van der Waals surface area contributed by atoms with Gasteiger partial charge in [0.25, 0.3) is 0 Å². The predicted molar refractivity (Wildman–Crippen MR) is 93.0 cm³/mol. The van der Waals surface area contributed by atoms with Crippen LogP contribution in [-0.4, -0.2) is 46.8 Å². The second-order valence-corrected chi connectivity index (χ2v) is 8.65. The van der Waals surface area contributed by atoms with Crippen molar-refractivity contribution in [3.05, 3.63) is 11.8 Å². The molecule has 5 nitrogen and oxygen atoms in total. The lowest BCUT2D eigenvalue weighted by Gasteiger charge is -2.46. The number of nitrogens with zero attached hydrogens (tertiary/aromatic N) is 4. The lowest BCUT2D eigenvalue weighted by molar-refractivity contribution is -0.123. The fraction of sp³-hybridized carbons (Fsp3) is 0.789. The van der Waals surface area contributed by atoms with Crippen LogP contribution in [0.2, 0.25) is 0 Å². The summed E-state index contributed by atoms with van der Waals surface area (Å²) in [5.41, 5.74) is 0.973. The van der Waals surface area contributed by atoms with Crippen molar-refractivity contribution >= 4 is 11.7 Å². The van der Waals surface area contributed by atoms with Crippen LogP contribution in [0.4, 0.5) is 5.82 Å². The number of anilines is 1. The minimum Gasteiger partial charge on any atom is -0.303 e. The molecular formula is C19H28N4O. The van der Waals surface area contributed by atoms with Gasteiger partial charge in [-0.1, -0.05) is 0 Å². The molecule has 1 aromatic rings. The molecule has 2 aliphatic carbocycles. The number of amides is 1. The minimum absolute atomic E-state index is 0.0687. The average molecular weight is 328 g/mol. The first-order valence-corrected chi connectivity index (χ1v) is 9.73. The van der Waals surface area contributed by atoms with Gasteiger partial charge in [-0.3, -0.25) is 9.69 Å². The van der Waals surface area contributed by atoms with Gasteiger partial charge in [0.1, 0.15) is 5.82 Å². The third kappa shape index (κ3) is 2.57. The molecule has 4 aliphatic rings. The number of piperidine rings is 1. The van der Waals surface area contributed by atoms with E-state index >= 15 is 0 Å². The highest BCUT2D eigenvalue weighted by atomic mass is 16.2. The topological polar surface area (TPSA) is 41.4 Å². The Kier molecular flexibility index (Phi) is 3.31. The molecule has 1 spiro atoms. The molecule has 0 N–H and O–H groups in total. The molecule has 0 unspecified atom stereocenters. The van der Waals surface area contributed by atoms with Gasteiger partial charge in [-0.15, -0.1) is 0 Å². The van der Waals surface area contributed by atoms with Crippen LogP contribution < -0.4 is 4.90 Å². The molecule has 5 heteroatoms. The maximum absolute atomic E-state index is 12.9. The summed E-state index contributed by atoms with van der Waals surface area (Å²) in [6.07, 6.45) is 8.16. The van der Waals surface area contributed by atoms with Crippen molar-refractivity contribution in [1.29, 1.82) is 0 Å². The van der Waals surface area contributed by atoms with Crippen LogP contribution in [0.15, 0.2) is 6.07 Å². The van der Waals surface area contributed by atoms with E-state index in [1.807, 2.05) is 4.90 Å². The summed E-state index contributed by atoms with van der Waals surface area (Å²) in [7, 11) is 0. The fourth-order valence-corrected chi connectivity index (χ4v) is 4.57. The van der Waals surface area contributed by atoms with Gasteiger partial charge < -0.3 is 4.90 Å². The van der Waals surface area contributed by atoms with Gasteiger partial charge in [0.05, 0.1) is 17.7 Å². The van der Waals surface area contributed by atoms with E-state index in [0.29, 0.717) is 18.2 Å². The van der Waals surface area contributed by atoms with Crippen molar-refractivity contribution in [1.82, 2.24) is 14.7 Å². The molecule has 0 radical (unpaired) electrons. The Labute approximate surface area is 144 Å². The quantitative estimate of drug-likeness (QED) is 0.853. The van der Waals surface area contributed by atoms with Gasteiger partial charge in [-0.2, -0.15) is 5.10 Å². The minimum atomic E-state index is -0.0687. The maximum Gasteiger partial charge on any atom is 0.230 e. The maximum atomic E-state index is 12.9. The van der Waals surface area contributed by atoms with E-state index in [9.17, 15) is 4.79 Å². The highest BCUT2D eigenvalue weighted by Crippen LogP contribution is 2.43. The first-order chi connectivity index (χ1) is 11.6. The Morgan fingerprint density at radius 3 is 2.46 bits per heavy atom. The predicted octanol–water partition coefficient (Wildman–Crippen LogP) is 2.54. The molecule has 24 heavy (non-hydrogen) atoms. The molecule has 130 valence electrons. The number of aryl methyl sites for hydroxylation is 1. The lowest BCUT2D eigenvalue weighted by atomic mass is 9.82. The van der Waals surface area contributed by atoms with Crippen LogP contribution in [0.1, 0.15) is 50.6 Å². The number of likely N-dealkylation sites (tertiary alicyclic amines) is 1. The van der Waals surface area contributed by atoms with Crippen LogP contribution in [-0.2, 0) is 10.3 Å². The number of carbonyl (C=O) groups excluding carboxylic acids is 1. The van der Waals surface area contributed by atoms with E-state index in [2.05, 4.69) is 22.6 Å². The van der Waals surface area contributed by atoms with Gasteiger partial charge in [-0.25, -0.2) is 4.68 Å². The average Bonchev–Trinajstić information content (AvgIpc) is 3.47. The summed E-state index contributed by atoms with van der Waals surface area (Å²) in [5, 5.41) is 4.84. The zero-order chi connectivity index (χ0) is 16.3. The van der Waals surface area contributed by atoms with E-state index in [1.165, 1.54) is 32.2 Å². The van der Waals surface area contributed by atoms with Gasteiger partial charge in [0, 0.05) is 32.2 Å². The summed E-state index contributed by atoms with van der Waals surface area (Å²) in [5.74, 6) is 3.05. The Hall–Kier alpha value is -1.36. The van der Waals surface area contributed by atoms with Crippen molar-refractivity contribution in [2.24, 2.45) is 11.8 Å². The summed E-state index contributed by atoms with van der Waals surface area (Å²) < 4.78 is 2.24. The molecule has 3 heterocycles. The largest absolute Gasteiger partial charge is 0.303 e. The molecule has 0 aromatic carbocycles. The number of aromatic nitrogens is 2. The van der Waals surface area contributed by atoms with Gasteiger partial charge in [-0.05, 0) is 57.3 Å². The van der Waals surface area contributed by atoms with Crippen LogP contribution >= 0.6 is 0 Å². The van der Waals surface area contributed by atoms with E-state index < -0.39 is 0 Å². The van der Waals surface area contributed by atoms with Crippen LogP contribution in [0.3, 0.4) is 0 Å². The normalized spacial score (nSPS) is 26.9. The summed E-state index contributed by atoms with van der Waals surface area (Å²) in [6, 6.07) is 2.12. The smallest absolute Gasteiger partial charge is 0.230 e. The van der Waals surface area contributed by atoms with Gasteiger partial charge in [0.15, 0.2) is 0 Å². The van der Waals surface area contributed by atoms with E-state index in [-0.39, 0.29) is 5.54 Å². The molecular weight excluding hydrogens is 300 g/mol. The Morgan fingerprint density at radius 2 is 1.79 bits per heavy atom. The molecule has 2 saturated carbocycles. The Morgan fingerprint density at radius 1 is 1.12 bits per heavy atom. The number of carbonyl (C=O) groups is 1. The van der Waals surface area contributed by atoms with Gasteiger partial charge in [0.2, 0.25) is 5.91 Å². The third-order valence-corrected chi connectivity index (χ3v) is 6.46. The van der Waals surface area contributed by atoms with Crippen molar-refractivity contribution in [2.45, 2.75) is 57.4 Å². The summed E-state index contributed by atoms with van der Waals surface area (Å²) in [6.45, 7) is 6.45. The molecule has 3 fully saturated rings. The van der Waals surface area contributed by atoms with Gasteiger partial charge >= 0.3 is 0 Å². The molecule has 1 aromatic heterocycles. The zero-order valence-electron chi connectivity index (χ0n) is 14.7. The number of rotatable bonds is 4.